The van der Waals surface area contributed by atoms with Gasteiger partial charge < -0.3 is 10.6 Å². The van der Waals surface area contributed by atoms with E-state index in [0.29, 0.717) is 0 Å². The molecule has 0 aliphatic carbocycles. The Morgan fingerprint density at radius 2 is 2.08 bits per heavy atom. The average Bonchev–Trinajstić information content (AvgIpc) is 3.27. The standard InChI is InChI=1S/C19H21N3OS2/c1-12(20)14-7-4-5-11-22(14)19(23)17-10-9-16(24-17)18-21-13-6-2-3-8-15(13)25-18/h2-3,6,8-10,12,14H,4-5,7,11,20H2,1H3. The SMILES string of the molecule is CC(N)C1CCCCN1C(=O)c1ccc(-c2nc3ccccc3s2)s1. The van der Waals surface area contributed by atoms with Crippen LogP contribution in [0, 0.1) is 0 Å². The molecule has 0 spiro atoms. The number of benzene rings is 1. The van der Waals surface area contributed by atoms with Crippen molar-refractivity contribution in [1.29, 1.82) is 0 Å². The number of amides is 1. The van der Waals surface area contributed by atoms with Crippen LogP contribution in [0.5, 0.6) is 0 Å². The summed E-state index contributed by atoms with van der Waals surface area (Å²) in [5.74, 6) is 0.111. The van der Waals surface area contributed by atoms with Gasteiger partial charge in [-0.1, -0.05) is 12.1 Å². The Bertz CT molecular complexity index is 866. The van der Waals surface area contributed by atoms with E-state index in [-0.39, 0.29) is 18.0 Å². The highest BCUT2D eigenvalue weighted by molar-refractivity contribution is 7.26. The number of hydrogen-bond acceptors (Lipinski definition) is 5. The van der Waals surface area contributed by atoms with Crippen molar-refractivity contribution in [3.05, 3.63) is 41.3 Å². The Kier molecular flexibility index (Phi) is 4.58. The molecule has 3 heterocycles. The van der Waals surface area contributed by atoms with Crippen molar-refractivity contribution in [1.82, 2.24) is 9.88 Å². The molecule has 1 aromatic carbocycles. The fourth-order valence-electron chi connectivity index (χ4n) is 3.44. The number of para-hydroxylation sites is 1. The predicted molar refractivity (Wildman–Crippen MR) is 105 cm³/mol. The second-order valence-electron chi connectivity index (χ2n) is 6.57. The summed E-state index contributed by atoms with van der Waals surface area (Å²) in [7, 11) is 0. The number of carbonyl (C=O) groups excluding carboxylic acids is 1. The van der Waals surface area contributed by atoms with E-state index in [0.717, 1.165) is 46.1 Å². The molecule has 1 aliphatic heterocycles. The number of aromatic nitrogens is 1. The maximum absolute atomic E-state index is 13.0. The monoisotopic (exact) mass is 371 g/mol. The van der Waals surface area contributed by atoms with Gasteiger partial charge in [0.1, 0.15) is 5.01 Å². The summed E-state index contributed by atoms with van der Waals surface area (Å²) < 4.78 is 1.17. The van der Waals surface area contributed by atoms with Crippen molar-refractivity contribution in [2.45, 2.75) is 38.3 Å². The van der Waals surface area contributed by atoms with Gasteiger partial charge in [0.25, 0.3) is 5.91 Å². The van der Waals surface area contributed by atoms with Gasteiger partial charge in [0.05, 0.1) is 20.0 Å². The summed E-state index contributed by atoms with van der Waals surface area (Å²) in [6, 6.07) is 12.2. The van der Waals surface area contributed by atoms with E-state index in [1.54, 1.807) is 11.3 Å². The number of nitrogens with zero attached hydrogens (tertiary/aromatic N) is 2. The van der Waals surface area contributed by atoms with Crippen LogP contribution in [-0.4, -0.2) is 34.4 Å². The average molecular weight is 372 g/mol. The van der Waals surface area contributed by atoms with Crippen LogP contribution in [0.1, 0.15) is 35.9 Å². The van der Waals surface area contributed by atoms with Gasteiger partial charge in [-0.25, -0.2) is 4.98 Å². The molecule has 4 nitrogen and oxygen atoms in total. The van der Waals surface area contributed by atoms with E-state index in [2.05, 4.69) is 6.07 Å². The van der Waals surface area contributed by atoms with Crippen LogP contribution in [0.2, 0.25) is 0 Å². The number of nitrogens with two attached hydrogens (primary N) is 1. The molecule has 130 valence electrons. The van der Waals surface area contributed by atoms with Gasteiger partial charge in [-0.3, -0.25) is 4.79 Å². The van der Waals surface area contributed by atoms with Gasteiger partial charge >= 0.3 is 0 Å². The molecular weight excluding hydrogens is 350 g/mol. The molecule has 3 aromatic rings. The molecule has 0 saturated carbocycles. The minimum atomic E-state index is 0.00736. The molecule has 1 aliphatic rings. The topological polar surface area (TPSA) is 59.2 Å². The van der Waals surface area contributed by atoms with E-state index in [1.807, 2.05) is 42.2 Å². The summed E-state index contributed by atoms with van der Waals surface area (Å²) in [5.41, 5.74) is 7.12. The van der Waals surface area contributed by atoms with Crippen LogP contribution < -0.4 is 5.73 Å². The van der Waals surface area contributed by atoms with E-state index in [9.17, 15) is 4.79 Å². The number of likely N-dealkylation sites (tertiary alicyclic amines) is 1. The largest absolute Gasteiger partial charge is 0.333 e. The first kappa shape index (κ1) is 16.7. The third-order valence-corrected chi connectivity index (χ3v) is 7.02. The quantitative estimate of drug-likeness (QED) is 0.744. The van der Waals surface area contributed by atoms with Crippen molar-refractivity contribution in [3.63, 3.8) is 0 Å². The minimum absolute atomic E-state index is 0.00736. The summed E-state index contributed by atoms with van der Waals surface area (Å²) >= 11 is 3.20. The summed E-state index contributed by atoms with van der Waals surface area (Å²) in [5, 5.41) is 0.979. The highest BCUT2D eigenvalue weighted by atomic mass is 32.1. The molecule has 4 rings (SSSR count). The lowest BCUT2D eigenvalue weighted by molar-refractivity contribution is 0.0589. The lowest BCUT2D eigenvalue weighted by Gasteiger charge is -2.37. The molecule has 0 bridgehead atoms. The molecule has 2 atom stereocenters. The first-order valence-corrected chi connectivity index (χ1v) is 10.3. The molecule has 1 saturated heterocycles. The van der Waals surface area contributed by atoms with Crippen molar-refractivity contribution in [2.75, 3.05) is 6.54 Å². The van der Waals surface area contributed by atoms with E-state index in [4.69, 9.17) is 10.7 Å². The molecule has 25 heavy (non-hydrogen) atoms. The number of thiazole rings is 1. The number of fused-ring (bicyclic) bond motifs is 1. The number of hydrogen-bond donors (Lipinski definition) is 1. The van der Waals surface area contributed by atoms with Gasteiger partial charge in [0, 0.05) is 18.6 Å². The van der Waals surface area contributed by atoms with Crippen molar-refractivity contribution >= 4 is 38.8 Å². The van der Waals surface area contributed by atoms with Gasteiger partial charge in [-0.2, -0.15) is 0 Å². The zero-order chi connectivity index (χ0) is 17.4. The number of carbonyl (C=O) groups is 1. The maximum atomic E-state index is 13.0. The Morgan fingerprint density at radius 3 is 2.88 bits per heavy atom. The molecule has 1 fully saturated rings. The summed E-state index contributed by atoms with van der Waals surface area (Å²) in [6.45, 7) is 2.80. The van der Waals surface area contributed by atoms with E-state index < -0.39 is 0 Å². The second-order valence-corrected chi connectivity index (χ2v) is 8.69. The smallest absolute Gasteiger partial charge is 0.264 e. The summed E-state index contributed by atoms with van der Waals surface area (Å²) in [4.78, 5) is 21.5. The fourth-order valence-corrected chi connectivity index (χ4v) is 5.43. The molecule has 0 radical (unpaired) electrons. The first-order valence-electron chi connectivity index (χ1n) is 8.66. The zero-order valence-corrected chi connectivity index (χ0v) is 15.8. The van der Waals surface area contributed by atoms with Gasteiger partial charge in [-0.05, 0) is 50.5 Å². The van der Waals surface area contributed by atoms with Crippen LogP contribution in [-0.2, 0) is 0 Å². The first-order chi connectivity index (χ1) is 12.1. The van der Waals surface area contributed by atoms with Gasteiger partial charge in [-0.15, -0.1) is 22.7 Å². The molecule has 2 unspecified atom stereocenters. The number of thiophene rings is 1. The van der Waals surface area contributed by atoms with Crippen LogP contribution >= 0.6 is 22.7 Å². The van der Waals surface area contributed by atoms with Crippen LogP contribution in [0.25, 0.3) is 20.1 Å². The highest BCUT2D eigenvalue weighted by Gasteiger charge is 2.30. The second kappa shape index (κ2) is 6.86. The van der Waals surface area contributed by atoms with Crippen LogP contribution in [0.3, 0.4) is 0 Å². The number of rotatable bonds is 3. The summed E-state index contributed by atoms with van der Waals surface area (Å²) in [6.07, 6.45) is 3.21. The Labute approximate surface area is 155 Å². The van der Waals surface area contributed by atoms with Crippen molar-refractivity contribution < 1.29 is 4.79 Å². The molecular formula is C19H21N3OS2. The van der Waals surface area contributed by atoms with Crippen molar-refractivity contribution in [3.8, 4) is 9.88 Å². The molecule has 2 N–H and O–H groups in total. The Balaban J connectivity index is 1.60. The van der Waals surface area contributed by atoms with Crippen molar-refractivity contribution in [2.24, 2.45) is 5.73 Å². The molecule has 1 amide bonds. The predicted octanol–water partition coefficient (Wildman–Crippen LogP) is 4.37. The molecule has 6 heteroatoms. The molecule has 2 aromatic heterocycles. The van der Waals surface area contributed by atoms with Gasteiger partial charge in [0.15, 0.2) is 0 Å². The van der Waals surface area contributed by atoms with E-state index in [1.165, 1.54) is 16.0 Å². The third-order valence-electron chi connectivity index (χ3n) is 4.74. The maximum Gasteiger partial charge on any atom is 0.264 e. The number of piperidine rings is 1. The van der Waals surface area contributed by atoms with Crippen LogP contribution in [0.4, 0.5) is 0 Å². The fraction of sp³-hybridized carbons (Fsp3) is 0.368. The minimum Gasteiger partial charge on any atom is -0.333 e. The normalized spacial score (nSPS) is 19.3. The zero-order valence-electron chi connectivity index (χ0n) is 14.1. The van der Waals surface area contributed by atoms with E-state index >= 15 is 0 Å². The Hall–Kier alpha value is -1.76. The Morgan fingerprint density at radius 1 is 1.24 bits per heavy atom. The highest BCUT2D eigenvalue weighted by Crippen LogP contribution is 2.35. The third kappa shape index (κ3) is 3.21. The lowest BCUT2D eigenvalue weighted by Crippen LogP contribution is -2.51. The van der Waals surface area contributed by atoms with Crippen LogP contribution in [0.15, 0.2) is 36.4 Å². The van der Waals surface area contributed by atoms with Gasteiger partial charge in [0.2, 0.25) is 0 Å². The lowest BCUT2D eigenvalue weighted by atomic mass is 9.97.